The second kappa shape index (κ2) is 8.71. The monoisotopic (exact) mass is 309 g/mol. The maximum atomic E-state index is 11.9. The first-order chi connectivity index (χ1) is 9.93. The van der Waals surface area contributed by atoms with Crippen molar-refractivity contribution in [2.45, 2.75) is 19.4 Å². The van der Waals surface area contributed by atoms with E-state index in [-0.39, 0.29) is 11.9 Å². The van der Waals surface area contributed by atoms with Gasteiger partial charge in [0, 0.05) is 37.4 Å². The summed E-state index contributed by atoms with van der Waals surface area (Å²) in [6, 6.07) is 7.47. The number of benzene rings is 1. The molecule has 5 nitrogen and oxygen atoms in total. The minimum Gasteiger partial charge on any atom is -0.389 e. The zero-order chi connectivity index (χ0) is 15.8. The van der Waals surface area contributed by atoms with Crippen molar-refractivity contribution >= 4 is 28.8 Å². The molecule has 0 aliphatic heterocycles. The number of nitrogens with one attached hydrogen (secondary N) is 1. The SMILES string of the molecule is COCC(C)N(C)CCC(=O)Nc1ccc(C(N)=S)cc1. The van der Waals surface area contributed by atoms with E-state index in [0.717, 1.165) is 11.3 Å². The van der Waals surface area contributed by atoms with Gasteiger partial charge in [-0.05, 0) is 38.2 Å². The molecule has 0 radical (unpaired) electrons. The topological polar surface area (TPSA) is 67.6 Å². The van der Waals surface area contributed by atoms with Crippen LogP contribution in [0.1, 0.15) is 18.9 Å². The Morgan fingerprint density at radius 1 is 1.43 bits per heavy atom. The number of hydrogen-bond acceptors (Lipinski definition) is 4. The van der Waals surface area contributed by atoms with Gasteiger partial charge >= 0.3 is 0 Å². The van der Waals surface area contributed by atoms with Crippen molar-refractivity contribution in [3.05, 3.63) is 29.8 Å². The molecule has 1 unspecified atom stereocenters. The Bertz CT molecular complexity index is 476. The Kier molecular flexibility index (Phi) is 7.28. The minimum atomic E-state index is -0.0189. The van der Waals surface area contributed by atoms with Crippen LogP contribution >= 0.6 is 12.2 Å². The number of methoxy groups -OCH3 is 1. The van der Waals surface area contributed by atoms with E-state index in [2.05, 4.69) is 17.1 Å². The van der Waals surface area contributed by atoms with Gasteiger partial charge in [-0.3, -0.25) is 4.79 Å². The van der Waals surface area contributed by atoms with Crippen molar-refractivity contribution in [1.82, 2.24) is 4.90 Å². The van der Waals surface area contributed by atoms with Crippen LogP contribution in [0.3, 0.4) is 0 Å². The van der Waals surface area contributed by atoms with Crippen molar-refractivity contribution in [1.29, 1.82) is 0 Å². The Balaban J connectivity index is 2.41. The van der Waals surface area contributed by atoms with E-state index in [1.807, 2.05) is 7.05 Å². The smallest absolute Gasteiger partial charge is 0.225 e. The van der Waals surface area contributed by atoms with Gasteiger partial charge in [-0.15, -0.1) is 0 Å². The number of ether oxygens (including phenoxy) is 1. The van der Waals surface area contributed by atoms with Gasteiger partial charge in [0.15, 0.2) is 0 Å². The van der Waals surface area contributed by atoms with Gasteiger partial charge in [0.25, 0.3) is 0 Å². The van der Waals surface area contributed by atoms with Gasteiger partial charge in [0.2, 0.25) is 5.91 Å². The summed E-state index contributed by atoms with van der Waals surface area (Å²) in [6.45, 7) is 3.40. The fourth-order valence-electron chi connectivity index (χ4n) is 1.81. The van der Waals surface area contributed by atoms with Gasteiger partial charge in [0.1, 0.15) is 4.99 Å². The second-order valence-corrected chi connectivity index (χ2v) is 5.46. The number of likely N-dealkylation sites (N-methyl/N-ethyl adjacent to an activating group) is 1. The lowest BCUT2D eigenvalue weighted by Gasteiger charge is -2.23. The van der Waals surface area contributed by atoms with Gasteiger partial charge in [-0.1, -0.05) is 12.2 Å². The zero-order valence-electron chi connectivity index (χ0n) is 12.8. The van der Waals surface area contributed by atoms with Crippen LogP contribution in [0.25, 0.3) is 0 Å². The third-order valence-electron chi connectivity index (χ3n) is 3.31. The third-order valence-corrected chi connectivity index (χ3v) is 3.54. The molecule has 0 aliphatic carbocycles. The maximum Gasteiger partial charge on any atom is 0.225 e. The highest BCUT2D eigenvalue weighted by Gasteiger charge is 2.11. The van der Waals surface area contributed by atoms with Crippen molar-refractivity contribution in [2.24, 2.45) is 5.73 Å². The van der Waals surface area contributed by atoms with E-state index in [4.69, 9.17) is 22.7 Å². The number of amides is 1. The maximum absolute atomic E-state index is 11.9. The molecule has 1 amide bonds. The van der Waals surface area contributed by atoms with E-state index in [9.17, 15) is 4.79 Å². The molecule has 1 aromatic rings. The van der Waals surface area contributed by atoms with E-state index in [1.165, 1.54) is 0 Å². The zero-order valence-corrected chi connectivity index (χ0v) is 13.6. The number of carbonyl (C=O) groups excluding carboxylic acids is 1. The van der Waals surface area contributed by atoms with Crippen LogP contribution in [-0.2, 0) is 9.53 Å². The molecule has 0 saturated heterocycles. The van der Waals surface area contributed by atoms with E-state index in [1.54, 1.807) is 31.4 Å². The van der Waals surface area contributed by atoms with Gasteiger partial charge in [-0.2, -0.15) is 0 Å². The third kappa shape index (κ3) is 6.20. The first-order valence-corrected chi connectivity index (χ1v) is 7.23. The number of thiocarbonyl (C=S) groups is 1. The molecular formula is C15H23N3O2S. The van der Waals surface area contributed by atoms with Crippen molar-refractivity contribution in [3.8, 4) is 0 Å². The van der Waals surface area contributed by atoms with Gasteiger partial charge in [-0.25, -0.2) is 0 Å². The van der Waals surface area contributed by atoms with Gasteiger partial charge < -0.3 is 20.7 Å². The summed E-state index contributed by atoms with van der Waals surface area (Å²) >= 11 is 4.88. The summed E-state index contributed by atoms with van der Waals surface area (Å²) in [7, 11) is 3.65. The van der Waals surface area contributed by atoms with Crippen LogP contribution in [0.5, 0.6) is 0 Å². The molecule has 0 heterocycles. The Morgan fingerprint density at radius 2 is 2.05 bits per heavy atom. The fourth-order valence-corrected chi connectivity index (χ4v) is 1.94. The number of nitrogens with zero attached hydrogens (tertiary/aromatic N) is 1. The first kappa shape index (κ1) is 17.6. The molecule has 0 aromatic heterocycles. The largest absolute Gasteiger partial charge is 0.389 e. The van der Waals surface area contributed by atoms with Crippen LogP contribution in [0, 0.1) is 0 Å². The molecule has 116 valence electrons. The fraction of sp³-hybridized carbons (Fsp3) is 0.467. The second-order valence-electron chi connectivity index (χ2n) is 5.02. The average Bonchev–Trinajstić information content (AvgIpc) is 2.45. The summed E-state index contributed by atoms with van der Waals surface area (Å²) < 4.78 is 5.09. The normalized spacial score (nSPS) is 12.2. The highest BCUT2D eigenvalue weighted by atomic mass is 32.1. The molecule has 1 atom stereocenters. The molecule has 0 fully saturated rings. The molecule has 21 heavy (non-hydrogen) atoms. The van der Waals surface area contributed by atoms with Gasteiger partial charge in [0.05, 0.1) is 6.61 Å². The van der Waals surface area contributed by atoms with E-state index < -0.39 is 0 Å². The molecule has 6 heteroatoms. The summed E-state index contributed by atoms with van der Waals surface area (Å²) in [5.41, 5.74) is 7.06. The molecule has 0 bridgehead atoms. The summed E-state index contributed by atoms with van der Waals surface area (Å²) in [5.74, 6) is -0.0189. The molecule has 3 N–H and O–H groups in total. The lowest BCUT2D eigenvalue weighted by atomic mass is 10.2. The molecule has 1 rings (SSSR count). The average molecular weight is 309 g/mol. The molecule has 0 saturated carbocycles. The van der Waals surface area contributed by atoms with Crippen LogP contribution in [0.2, 0.25) is 0 Å². The van der Waals surface area contributed by atoms with Crippen LogP contribution in [-0.4, -0.2) is 49.1 Å². The van der Waals surface area contributed by atoms with E-state index >= 15 is 0 Å². The van der Waals surface area contributed by atoms with Crippen LogP contribution in [0.4, 0.5) is 5.69 Å². The Labute approximate surface area is 131 Å². The Hall–Kier alpha value is -1.50. The lowest BCUT2D eigenvalue weighted by Crippen LogP contribution is -2.35. The Morgan fingerprint density at radius 3 is 2.57 bits per heavy atom. The summed E-state index contributed by atoms with van der Waals surface area (Å²) in [5, 5.41) is 2.85. The number of hydrogen-bond donors (Lipinski definition) is 2. The summed E-state index contributed by atoms with van der Waals surface area (Å²) in [6.07, 6.45) is 0.432. The highest BCUT2D eigenvalue weighted by molar-refractivity contribution is 7.80. The lowest BCUT2D eigenvalue weighted by molar-refractivity contribution is -0.116. The molecule has 0 aliphatic rings. The predicted octanol–water partition coefficient (Wildman–Crippen LogP) is 1.62. The quantitative estimate of drug-likeness (QED) is 0.714. The molecule has 0 spiro atoms. The summed E-state index contributed by atoms with van der Waals surface area (Å²) in [4.78, 5) is 14.3. The number of nitrogens with two attached hydrogens (primary N) is 1. The van der Waals surface area contributed by atoms with E-state index in [0.29, 0.717) is 24.6 Å². The minimum absolute atomic E-state index is 0.0189. The standard InChI is InChI=1S/C15H23N3O2S/c1-11(10-20-3)18(2)9-8-14(19)17-13-6-4-12(5-7-13)15(16)21/h4-7,11H,8-10H2,1-3H3,(H2,16,21)(H,17,19). The van der Waals surface area contributed by atoms with Crippen molar-refractivity contribution in [3.63, 3.8) is 0 Å². The number of carbonyl (C=O) groups is 1. The number of rotatable bonds is 8. The first-order valence-electron chi connectivity index (χ1n) is 6.83. The number of anilines is 1. The van der Waals surface area contributed by atoms with Crippen molar-refractivity contribution in [2.75, 3.05) is 32.6 Å². The highest BCUT2D eigenvalue weighted by Crippen LogP contribution is 2.10. The molecular weight excluding hydrogens is 286 g/mol. The van der Waals surface area contributed by atoms with Crippen LogP contribution in [0.15, 0.2) is 24.3 Å². The predicted molar refractivity (Wildman–Crippen MR) is 89.5 cm³/mol. The van der Waals surface area contributed by atoms with Crippen molar-refractivity contribution < 1.29 is 9.53 Å². The molecule has 1 aromatic carbocycles. The van der Waals surface area contributed by atoms with Crippen LogP contribution < -0.4 is 11.1 Å².